The molecule has 0 saturated heterocycles. The number of aryl methyl sites for hydroxylation is 1. The number of carbonyl (C=O) groups is 2. The maximum atomic E-state index is 13.4. The molecule has 0 aliphatic heterocycles. The van der Waals surface area contributed by atoms with E-state index in [2.05, 4.69) is 10.6 Å². The Bertz CT molecular complexity index is 804. The average Bonchev–Trinajstić information content (AvgIpc) is 2.63. The van der Waals surface area contributed by atoms with Crippen LogP contribution in [-0.2, 0) is 4.79 Å². The van der Waals surface area contributed by atoms with Crippen LogP contribution in [0.5, 0.6) is 5.75 Å². The number of ether oxygens (including phenoxy) is 1. The summed E-state index contributed by atoms with van der Waals surface area (Å²) in [4.78, 5) is 25.2. The molecule has 0 aromatic heterocycles. The summed E-state index contributed by atoms with van der Waals surface area (Å²) >= 11 is 0. The zero-order chi connectivity index (χ0) is 20.0. The van der Waals surface area contributed by atoms with E-state index in [4.69, 9.17) is 4.74 Å². The lowest BCUT2D eigenvalue weighted by molar-refractivity contribution is -0.118. The van der Waals surface area contributed by atoms with Gasteiger partial charge in [-0.2, -0.15) is 0 Å². The van der Waals surface area contributed by atoms with E-state index in [1.807, 2.05) is 20.8 Å². The van der Waals surface area contributed by atoms with Crippen LogP contribution in [0.3, 0.4) is 0 Å². The first-order valence-corrected chi connectivity index (χ1v) is 8.92. The van der Waals surface area contributed by atoms with Crippen LogP contribution >= 0.6 is 0 Å². The number of rotatable bonds is 7. The molecule has 6 heteroatoms. The van der Waals surface area contributed by atoms with E-state index in [-0.39, 0.29) is 11.8 Å². The minimum atomic E-state index is -0.758. The summed E-state index contributed by atoms with van der Waals surface area (Å²) < 4.78 is 18.8. The largest absolute Gasteiger partial charge is 0.494 e. The van der Waals surface area contributed by atoms with E-state index in [1.54, 1.807) is 37.3 Å². The van der Waals surface area contributed by atoms with Gasteiger partial charge >= 0.3 is 0 Å². The highest BCUT2D eigenvalue weighted by atomic mass is 19.1. The summed E-state index contributed by atoms with van der Waals surface area (Å²) in [5.74, 6) is -0.657. The SMILES string of the molecule is CCOc1ccc(C(=O)NC(C(=O)Nc2cc(F)ccc2C)C(C)C)cc1. The van der Waals surface area contributed by atoms with Gasteiger partial charge in [-0.05, 0) is 61.7 Å². The number of hydrogen-bond acceptors (Lipinski definition) is 3. The number of benzene rings is 2. The lowest BCUT2D eigenvalue weighted by Crippen LogP contribution is -2.47. The summed E-state index contributed by atoms with van der Waals surface area (Å²) in [5.41, 5.74) is 1.56. The molecule has 0 spiro atoms. The van der Waals surface area contributed by atoms with Crippen molar-refractivity contribution in [1.82, 2.24) is 5.32 Å². The molecule has 144 valence electrons. The molecule has 0 bridgehead atoms. The summed E-state index contributed by atoms with van der Waals surface area (Å²) in [5, 5.41) is 5.45. The van der Waals surface area contributed by atoms with Crippen LogP contribution in [0.25, 0.3) is 0 Å². The zero-order valence-corrected chi connectivity index (χ0v) is 16.0. The highest BCUT2D eigenvalue weighted by Gasteiger charge is 2.25. The Morgan fingerprint density at radius 1 is 1.11 bits per heavy atom. The van der Waals surface area contributed by atoms with Crippen LogP contribution in [0.4, 0.5) is 10.1 Å². The molecular formula is C21H25FN2O3. The minimum absolute atomic E-state index is 0.148. The van der Waals surface area contributed by atoms with Gasteiger partial charge in [-0.15, -0.1) is 0 Å². The monoisotopic (exact) mass is 372 g/mol. The van der Waals surface area contributed by atoms with E-state index < -0.39 is 17.8 Å². The van der Waals surface area contributed by atoms with E-state index in [9.17, 15) is 14.0 Å². The van der Waals surface area contributed by atoms with Gasteiger partial charge in [-0.25, -0.2) is 4.39 Å². The Labute approximate surface area is 158 Å². The number of amides is 2. The van der Waals surface area contributed by atoms with Crippen molar-refractivity contribution < 1.29 is 18.7 Å². The van der Waals surface area contributed by atoms with Crippen molar-refractivity contribution in [3.63, 3.8) is 0 Å². The predicted molar refractivity (Wildman–Crippen MR) is 103 cm³/mol. The van der Waals surface area contributed by atoms with Crippen LogP contribution in [0.1, 0.15) is 36.7 Å². The lowest BCUT2D eigenvalue weighted by Gasteiger charge is -2.22. The standard InChI is InChI=1S/C21H25FN2O3/c1-5-27-17-10-7-15(8-11-17)20(25)24-19(13(2)3)21(26)23-18-12-16(22)9-6-14(18)4/h6-13,19H,5H2,1-4H3,(H,23,26)(H,24,25). The molecule has 5 nitrogen and oxygen atoms in total. The number of hydrogen-bond donors (Lipinski definition) is 2. The second kappa shape index (κ2) is 9.16. The van der Waals surface area contributed by atoms with Gasteiger partial charge in [0, 0.05) is 11.3 Å². The molecular weight excluding hydrogens is 347 g/mol. The van der Waals surface area contributed by atoms with Crippen molar-refractivity contribution >= 4 is 17.5 Å². The first-order valence-electron chi connectivity index (χ1n) is 8.92. The molecule has 2 aromatic rings. The Morgan fingerprint density at radius 2 is 1.78 bits per heavy atom. The van der Waals surface area contributed by atoms with Crippen LogP contribution in [0, 0.1) is 18.7 Å². The van der Waals surface area contributed by atoms with Gasteiger partial charge in [0.25, 0.3) is 5.91 Å². The maximum Gasteiger partial charge on any atom is 0.251 e. The molecule has 2 N–H and O–H groups in total. The maximum absolute atomic E-state index is 13.4. The van der Waals surface area contributed by atoms with Crippen molar-refractivity contribution in [2.45, 2.75) is 33.7 Å². The van der Waals surface area contributed by atoms with Gasteiger partial charge in [0.2, 0.25) is 5.91 Å². The average molecular weight is 372 g/mol. The third-order valence-corrected chi connectivity index (χ3v) is 4.12. The Balaban J connectivity index is 2.10. The number of carbonyl (C=O) groups excluding carboxylic acids is 2. The van der Waals surface area contributed by atoms with Gasteiger partial charge in [0.1, 0.15) is 17.6 Å². The highest BCUT2D eigenvalue weighted by Crippen LogP contribution is 2.18. The van der Waals surface area contributed by atoms with Crippen molar-refractivity contribution in [2.24, 2.45) is 5.92 Å². The second-order valence-electron chi connectivity index (χ2n) is 6.60. The lowest BCUT2D eigenvalue weighted by atomic mass is 10.0. The Morgan fingerprint density at radius 3 is 2.37 bits per heavy atom. The fourth-order valence-electron chi connectivity index (χ4n) is 2.57. The van der Waals surface area contributed by atoms with Crippen LogP contribution in [-0.4, -0.2) is 24.5 Å². The Kier molecular flexibility index (Phi) is 6.93. The summed E-state index contributed by atoms with van der Waals surface area (Å²) in [6, 6.07) is 10.1. The van der Waals surface area contributed by atoms with E-state index in [0.29, 0.717) is 23.6 Å². The Hall–Kier alpha value is -2.89. The zero-order valence-electron chi connectivity index (χ0n) is 16.0. The van der Waals surface area contributed by atoms with E-state index in [0.717, 1.165) is 5.56 Å². The molecule has 0 aliphatic carbocycles. The quantitative estimate of drug-likeness (QED) is 0.774. The third kappa shape index (κ3) is 5.54. The van der Waals surface area contributed by atoms with Gasteiger partial charge in [0.05, 0.1) is 6.61 Å². The molecule has 0 saturated carbocycles. The van der Waals surface area contributed by atoms with Crippen molar-refractivity contribution in [3.8, 4) is 5.75 Å². The van der Waals surface area contributed by atoms with E-state index >= 15 is 0 Å². The molecule has 0 heterocycles. The number of halogens is 1. The van der Waals surface area contributed by atoms with Crippen molar-refractivity contribution in [1.29, 1.82) is 0 Å². The first-order chi connectivity index (χ1) is 12.8. The van der Waals surface area contributed by atoms with Gasteiger partial charge < -0.3 is 15.4 Å². The molecule has 1 unspecified atom stereocenters. The van der Waals surface area contributed by atoms with Gasteiger partial charge in [0.15, 0.2) is 0 Å². The molecule has 2 rings (SSSR count). The summed E-state index contributed by atoms with van der Waals surface area (Å²) in [6.07, 6.45) is 0. The van der Waals surface area contributed by atoms with Crippen LogP contribution in [0.2, 0.25) is 0 Å². The minimum Gasteiger partial charge on any atom is -0.494 e. The predicted octanol–water partition coefficient (Wildman–Crippen LogP) is 3.93. The molecule has 2 aromatic carbocycles. The smallest absolute Gasteiger partial charge is 0.251 e. The summed E-state index contributed by atoms with van der Waals surface area (Å²) in [6.45, 7) is 7.87. The van der Waals surface area contributed by atoms with Crippen LogP contribution in [0.15, 0.2) is 42.5 Å². The fraction of sp³-hybridized carbons (Fsp3) is 0.333. The van der Waals surface area contributed by atoms with Gasteiger partial charge in [-0.3, -0.25) is 9.59 Å². The van der Waals surface area contributed by atoms with Crippen molar-refractivity contribution in [2.75, 3.05) is 11.9 Å². The third-order valence-electron chi connectivity index (χ3n) is 4.12. The molecule has 0 radical (unpaired) electrons. The topological polar surface area (TPSA) is 67.4 Å². The molecule has 27 heavy (non-hydrogen) atoms. The van der Waals surface area contributed by atoms with Crippen LogP contribution < -0.4 is 15.4 Å². The molecule has 0 aliphatic rings. The summed E-state index contributed by atoms with van der Waals surface area (Å²) in [7, 11) is 0. The fourth-order valence-corrected chi connectivity index (χ4v) is 2.57. The molecule has 0 fully saturated rings. The first kappa shape index (κ1) is 20.4. The number of nitrogens with one attached hydrogen (secondary N) is 2. The van der Waals surface area contributed by atoms with Gasteiger partial charge in [-0.1, -0.05) is 19.9 Å². The van der Waals surface area contributed by atoms with E-state index in [1.165, 1.54) is 12.1 Å². The normalized spacial score (nSPS) is 11.8. The number of anilines is 1. The second-order valence-corrected chi connectivity index (χ2v) is 6.60. The molecule has 2 amide bonds. The highest BCUT2D eigenvalue weighted by molar-refractivity contribution is 6.01. The molecule has 1 atom stereocenters. The van der Waals surface area contributed by atoms with Crippen molar-refractivity contribution in [3.05, 3.63) is 59.4 Å².